The minimum atomic E-state index is -1.08. The fourth-order valence-electron chi connectivity index (χ4n) is 4.68. The van der Waals surface area contributed by atoms with E-state index in [-0.39, 0.29) is 11.8 Å². The van der Waals surface area contributed by atoms with Crippen LogP contribution in [0.15, 0.2) is 54.6 Å². The number of rotatable bonds is 2. The van der Waals surface area contributed by atoms with E-state index in [4.69, 9.17) is 4.74 Å². The van der Waals surface area contributed by atoms with Crippen LogP contribution in [0.2, 0.25) is 0 Å². The molecule has 0 bridgehead atoms. The molecule has 2 saturated heterocycles. The van der Waals surface area contributed by atoms with Gasteiger partial charge in [-0.05, 0) is 11.6 Å². The molecule has 3 aliphatic heterocycles. The Morgan fingerprint density at radius 1 is 1.00 bits per heavy atom. The first-order chi connectivity index (χ1) is 13.7. The van der Waals surface area contributed by atoms with Gasteiger partial charge in [-0.25, -0.2) is 0 Å². The number of hydrogen-bond donors (Lipinski definition) is 0. The molecule has 0 aromatic heterocycles. The lowest BCUT2D eigenvalue weighted by molar-refractivity contribution is -0.152. The van der Waals surface area contributed by atoms with E-state index in [0.717, 1.165) is 35.7 Å². The number of nitrogens with zero attached hydrogens (tertiary/aromatic N) is 2. The van der Waals surface area contributed by atoms with Crippen molar-refractivity contribution in [3.05, 3.63) is 71.3 Å². The van der Waals surface area contributed by atoms with Gasteiger partial charge in [0.05, 0.1) is 6.61 Å². The average molecular weight is 394 g/mol. The van der Waals surface area contributed by atoms with Crippen molar-refractivity contribution in [2.45, 2.75) is 11.6 Å². The van der Waals surface area contributed by atoms with Crippen molar-refractivity contribution >= 4 is 23.6 Å². The second-order valence-corrected chi connectivity index (χ2v) is 8.55. The number of fused-ring (bicyclic) bond motifs is 2. The third kappa shape index (κ3) is 2.51. The first-order valence-corrected chi connectivity index (χ1v) is 10.9. The first kappa shape index (κ1) is 17.8. The lowest BCUT2D eigenvalue weighted by Gasteiger charge is -2.48. The van der Waals surface area contributed by atoms with Crippen molar-refractivity contribution < 1.29 is 14.3 Å². The van der Waals surface area contributed by atoms with E-state index in [1.165, 1.54) is 0 Å². The second kappa shape index (κ2) is 6.94. The maximum atomic E-state index is 13.8. The van der Waals surface area contributed by atoms with E-state index < -0.39 is 11.6 Å². The summed E-state index contributed by atoms with van der Waals surface area (Å²) in [6, 6.07) is 17.3. The molecular weight excluding hydrogens is 372 g/mol. The number of ether oxygens (including phenoxy) is 1. The van der Waals surface area contributed by atoms with Gasteiger partial charge < -0.3 is 14.5 Å². The molecule has 0 saturated carbocycles. The third-order valence-electron chi connectivity index (χ3n) is 5.93. The van der Waals surface area contributed by atoms with Crippen molar-refractivity contribution in [2.24, 2.45) is 0 Å². The highest BCUT2D eigenvalue weighted by molar-refractivity contribution is 7.99. The average Bonchev–Trinajstić information content (AvgIpc) is 3.21. The first-order valence-electron chi connectivity index (χ1n) is 9.70. The van der Waals surface area contributed by atoms with Gasteiger partial charge in [-0.2, -0.15) is 11.8 Å². The number of carbonyl (C=O) groups is 2. The topological polar surface area (TPSA) is 49.9 Å². The van der Waals surface area contributed by atoms with Gasteiger partial charge in [0.1, 0.15) is 5.92 Å². The SMILES string of the molecule is O=C([C@@H]1c2ccccc2C(=O)N2CCO[C@]12c1ccccc1)N1CCSCC1. The van der Waals surface area contributed by atoms with Crippen molar-refractivity contribution in [2.75, 3.05) is 37.7 Å². The lowest BCUT2D eigenvalue weighted by atomic mass is 9.76. The molecular formula is C22H22N2O3S. The molecule has 0 unspecified atom stereocenters. The van der Waals surface area contributed by atoms with Crippen LogP contribution in [0.5, 0.6) is 0 Å². The van der Waals surface area contributed by atoms with Gasteiger partial charge in [-0.3, -0.25) is 9.59 Å². The maximum Gasteiger partial charge on any atom is 0.256 e. The summed E-state index contributed by atoms with van der Waals surface area (Å²) in [4.78, 5) is 30.9. The molecule has 144 valence electrons. The Morgan fingerprint density at radius 3 is 2.50 bits per heavy atom. The fraction of sp³-hybridized carbons (Fsp3) is 0.364. The van der Waals surface area contributed by atoms with E-state index in [9.17, 15) is 9.59 Å². The molecule has 5 nitrogen and oxygen atoms in total. The van der Waals surface area contributed by atoms with Gasteiger partial charge in [0.2, 0.25) is 5.91 Å². The molecule has 3 heterocycles. The van der Waals surface area contributed by atoms with E-state index in [0.29, 0.717) is 18.7 Å². The Bertz CT molecular complexity index is 913. The highest BCUT2D eigenvalue weighted by Crippen LogP contribution is 2.51. The Kier molecular flexibility index (Phi) is 4.40. The van der Waals surface area contributed by atoms with E-state index in [1.54, 1.807) is 4.90 Å². The van der Waals surface area contributed by atoms with Crippen LogP contribution >= 0.6 is 11.8 Å². The monoisotopic (exact) mass is 394 g/mol. The van der Waals surface area contributed by atoms with Crippen LogP contribution in [0.4, 0.5) is 0 Å². The summed E-state index contributed by atoms with van der Waals surface area (Å²) in [6.07, 6.45) is 0. The van der Waals surface area contributed by atoms with Gasteiger partial charge in [0, 0.05) is 42.3 Å². The molecule has 0 spiro atoms. The Labute approximate surface area is 168 Å². The van der Waals surface area contributed by atoms with Crippen molar-refractivity contribution in [1.82, 2.24) is 9.80 Å². The second-order valence-electron chi connectivity index (χ2n) is 7.33. The van der Waals surface area contributed by atoms with Crippen molar-refractivity contribution in [3.63, 3.8) is 0 Å². The van der Waals surface area contributed by atoms with E-state index in [2.05, 4.69) is 0 Å². The smallest absolute Gasteiger partial charge is 0.256 e. The van der Waals surface area contributed by atoms with Crippen molar-refractivity contribution in [1.29, 1.82) is 0 Å². The van der Waals surface area contributed by atoms with Gasteiger partial charge >= 0.3 is 0 Å². The Hall–Kier alpha value is -2.31. The zero-order chi connectivity index (χ0) is 19.1. The van der Waals surface area contributed by atoms with Crippen LogP contribution in [-0.2, 0) is 15.3 Å². The summed E-state index contributed by atoms with van der Waals surface area (Å²) >= 11 is 1.87. The summed E-state index contributed by atoms with van der Waals surface area (Å²) in [5, 5.41) is 0. The van der Waals surface area contributed by atoms with Crippen LogP contribution in [-0.4, -0.2) is 59.4 Å². The third-order valence-corrected chi connectivity index (χ3v) is 6.88. The minimum Gasteiger partial charge on any atom is -0.348 e. The van der Waals surface area contributed by atoms with Gasteiger partial charge in [0.25, 0.3) is 5.91 Å². The highest BCUT2D eigenvalue weighted by atomic mass is 32.2. The van der Waals surface area contributed by atoms with Gasteiger partial charge in [-0.15, -0.1) is 0 Å². The number of carbonyl (C=O) groups excluding carboxylic acids is 2. The van der Waals surface area contributed by atoms with Crippen molar-refractivity contribution in [3.8, 4) is 0 Å². The Morgan fingerprint density at radius 2 is 1.71 bits per heavy atom. The molecule has 2 aromatic carbocycles. The summed E-state index contributed by atoms with van der Waals surface area (Å²) in [7, 11) is 0. The zero-order valence-corrected chi connectivity index (χ0v) is 16.4. The zero-order valence-electron chi connectivity index (χ0n) is 15.5. The van der Waals surface area contributed by atoms with Crippen LogP contribution < -0.4 is 0 Å². The predicted octanol–water partition coefficient (Wildman–Crippen LogP) is 2.68. The molecule has 6 heteroatoms. The molecule has 2 fully saturated rings. The standard InChI is InChI=1S/C22H22N2O3S/c25-20-18-9-5-4-8-17(18)19(21(26)23-11-14-28-15-12-23)22(24(20)10-13-27-22)16-6-2-1-3-7-16/h1-9,19H,10-15H2/t19-,22+/m0/s1. The fourth-order valence-corrected chi connectivity index (χ4v) is 5.58. The molecule has 5 rings (SSSR count). The van der Waals surface area contributed by atoms with Crippen LogP contribution in [0.1, 0.15) is 27.4 Å². The molecule has 3 aliphatic rings. The van der Waals surface area contributed by atoms with Gasteiger partial charge in [-0.1, -0.05) is 48.5 Å². The van der Waals surface area contributed by atoms with Crippen LogP contribution in [0, 0.1) is 0 Å². The summed E-state index contributed by atoms with van der Waals surface area (Å²) in [5.41, 5.74) is 1.18. The van der Waals surface area contributed by atoms with E-state index >= 15 is 0 Å². The normalized spacial score (nSPS) is 26.7. The van der Waals surface area contributed by atoms with Crippen LogP contribution in [0.3, 0.4) is 0 Å². The molecule has 2 aromatic rings. The number of hydrogen-bond acceptors (Lipinski definition) is 4. The molecule has 0 aliphatic carbocycles. The molecule has 0 N–H and O–H groups in total. The van der Waals surface area contributed by atoms with Gasteiger partial charge in [0.15, 0.2) is 5.72 Å². The van der Waals surface area contributed by atoms with E-state index in [1.807, 2.05) is 71.3 Å². The summed E-state index contributed by atoms with van der Waals surface area (Å²) < 4.78 is 6.33. The summed E-state index contributed by atoms with van der Waals surface area (Å²) in [6.45, 7) is 2.39. The minimum absolute atomic E-state index is 0.0519. The predicted molar refractivity (Wildman–Crippen MR) is 108 cm³/mol. The largest absolute Gasteiger partial charge is 0.348 e. The number of benzene rings is 2. The number of thioether (sulfide) groups is 1. The Balaban J connectivity index is 1.72. The molecule has 2 amide bonds. The maximum absolute atomic E-state index is 13.8. The quantitative estimate of drug-likeness (QED) is 0.786. The lowest BCUT2D eigenvalue weighted by Crippen LogP contribution is -2.58. The highest BCUT2D eigenvalue weighted by Gasteiger charge is 2.60. The summed E-state index contributed by atoms with van der Waals surface area (Å²) in [5.74, 6) is 1.32. The molecule has 28 heavy (non-hydrogen) atoms. The molecule has 0 radical (unpaired) electrons. The molecule has 2 atom stereocenters. The van der Waals surface area contributed by atoms with Crippen LogP contribution in [0.25, 0.3) is 0 Å². The number of amides is 2.